The van der Waals surface area contributed by atoms with E-state index in [1.54, 1.807) is 0 Å². The molecule has 0 aliphatic heterocycles. The Hall–Kier alpha value is -2.58. The molecule has 2 heteroatoms. The second-order valence-corrected chi connectivity index (χ2v) is 8.16. The van der Waals surface area contributed by atoms with Gasteiger partial charge in [0.05, 0.1) is 16.6 Å². The Morgan fingerprint density at radius 2 is 1.28 bits per heavy atom. The average molecular weight is 386 g/mol. The molecule has 0 bridgehead atoms. The van der Waals surface area contributed by atoms with Gasteiger partial charge < -0.3 is 9.67 Å². The van der Waals surface area contributed by atoms with E-state index in [1.165, 1.54) is 21.8 Å². The predicted molar refractivity (Wildman–Crippen MR) is 124 cm³/mol. The van der Waals surface area contributed by atoms with Gasteiger partial charge in [0.2, 0.25) is 0 Å². The van der Waals surface area contributed by atoms with Gasteiger partial charge in [-0.1, -0.05) is 88.1 Å². The molecule has 1 N–H and O–H groups in total. The molecule has 0 saturated heterocycles. The van der Waals surface area contributed by atoms with Gasteiger partial charge in [-0.3, -0.25) is 0 Å². The normalized spacial score (nSPS) is 12.1. The van der Waals surface area contributed by atoms with Gasteiger partial charge in [-0.25, -0.2) is 0 Å². The first-order valence-corrected chi connectivity index (χ1v) is 11.0. The van der Waals surface area contributed by atoms with Gasteiger partial charge in [-0.15, -0.1) is 0 Å². The fourth-order valence-corrected chi connectivity index (χ4v) is 4.49. The second kappa shape index (κ2) is 8.42. The molecule has 0 saturated carbocycles. The third-order valence-corrected chi connectivity index (χ3v) is 6.11. The maximum Gasteiger partial charge on any atom is 0.0897 e. The van der Waals surface area contributed by atoms with E-state index in [-0.39, 0.29) is 0 Å². The third-order valence-electron chi connectivity index (χ3n) is 6.11. The molecule has 4 rings (SSSR count). The number of rotatable bonds is 8. The van der Waals surface area contributed by atoms with E-state index in [0.29, 0.717) is 0 Å². The predicted octanol–water partition coefficient (Wildman–Crippen LogP) is 7.35. The van der Waals surface area contributed by atoms with Crippen LogP contribution in [0.2, 0.25) is 0 Å². The maximum absolute atomic E-state index is 11.6. The van der Waals surface area contributed by atoms with Crippen molar-refractivity contribution in [3.8, 4) is 5.69 Å². The summed E-state index contributed by atoms with van der Waals surface area (Å²) in [5.41, 5.74) is 3.82. The van der Waals surface area contributed by atoms with Crippen LogP contribution in [0.3, 0.4) is 0 Å². The molecule has 0 radical (unpaired) electrons. The van der Waals surface area contributed by atoms with E-state index in [9.17, 15) is 5.11 Å². The van der Waals surface area contributed by atoms with Crippen LogP contribution in [0.15, 0.2) is 72.8 Å². The number of nitrogens with zero attached hydrogens (tertiary/aromatic N) is 1. The van der Waals surface area contributed by atoms with Crippen LogP contribution >= 0.6 is 0 Å². The minimum absolute atomic E-state index is 0.749. The number of hydrogen-bond acceptors (Lipinski definition) is 1. The maximum atomic E-state index is 11.6. The molecular formula is C27H31NO. The van der Waals surface area contributed by atoms with Crippen LogP contribution in [0.25, 0.3) is 27.5 Å². The number of fused-ring (bicyclic) bond motifs is 3. The standard InChI is InChI=1S/C27H31NO/c1-3-5-18-27(29,19-6-4-2)21-12-11-13-22(20-21)28-25-16-9-7-14-23(25)24-15-8-10-17-26(24)28/h7-17,20,29H,3-6,18-19H2,1-2H3. The zero-order valence-electron chi connectivity index (χ0n) is 17.6. The van der Waals surface area contributed by atoms with Crippen molar-refractivity contribution in [3.05, 3.63) is 78.4 Å². The van der Waals surface area contributed by atoms with Crippen molar-refractivity contribution in [1.82, 2.24) is 4.57 Å². The highest BCUT2D eigenvalue weighted by Crippen LogP contribution is 2.36. The summed E-state index contributed by atoms with van der Waals surface area (Å²) in [6.45, 7) is 4.38. The molecule has 0 amide bonds. The zero-order valence-corrected chi connectivity index (χ0v) is 17.6. The van der Waals surface area contributed by atoms with E-state index >= 15 is 0 Å². The van der Waals surface area contributed by atoms with Gasteiger partial charge in [-0.05, 0) is 42.7 Å². The van der Waals surface area contributed by atoms with Crippen molar-refractivity contribution in [1.29, 1.82) is 0 Å². The Labute approximate surface area is 173 Å². The molecular weight excluding hydrogens is 354 g/mol. The first-order valence-electron chi connectivity index (χ1n) is 11.0. The number of aliphatic hydroxyl groups is 1. The quantitative estimate of drug-likeness (QED) is 0.337. The van der Waals surface area contributed by atoms with Crippen molar-refractivity contribution in [2.75, 3.05) is 0 Å². The van der Waals surface area contributed by atoms with Crippen LogP contribution in [0.1, 0.15) is 57.9 Å². The minimum atomic E-state index is -0.749. The van der Waals surface area contributed by atoms with Crippen LogP contribution < -0.4 is 0 Å². The topological polar surface area (TPSA) is 25.2 Å². The molecule has 1 aromatic heterocycles. The second-order valence-electron chi connectivity index (χ2n) is 8.16. The van der Waals surface area contributed by atoms with Crippen LogP contribution in [0.4, 0.5) is 0 Å². The summed E-state index contributed by atoms with van der Waals surface area (Å²) in [5, 5.41) is 14.1. The first-order chi connectivity index (χ1) is 14.2. The van der Waals surface area contributed by atoms with Crippen molar-refractivity contribution in [2.45, 2.75) is 58.0 Å². The van der Waals surface area contributed by atoms with E-state index in [4.69, 9.17) is 0 Å². The lowest BCUT2D eigenvalue weighted by Crippen LogP contribution is -2.26. The molecule has 4 aromatic rings. The molecule has 0 aliphatic carbocycles. The van der Waals surface area contributed by atoms with Gasteiger partial charge in [-0.2, -0.15) is 0 Å². The Kier molecular flexibility index (Phi) is 5.73. The molecule has 1 heterocycles. The van der Waals surface area contributed by atoms with Gasteiger partial charge in [0.25, 0.3) is 0 Å². The lowest BCUT2D eigenvalue weighted by molar-refractivity contribution is 0.0141. The molecule has 2 nitrogen and oxygen atoms in total. The SMILES string of the molecule is CCCCC(O)(CCCC)c1cccc(-n2c3ccccc3c3ccccc32)c1. The molecule has 3 aromatic carbocycles. The van der Waals surface area contributed by atoms with Crippen molar-refractivity contribution in [2.24, 2.45) is 0 Å². The number of unbranched alkanes of at least 4 members (excludes halogenated alkanes) is 2. The average Bonchev–Trinajstić information content (AvgIpc) is 3.11. The van der Waals surface area contributed by atoms with Crippen LogP contribution in [0.5, 0.6) is 0 Å². The minimum Gasteiger partial charge on any atom is -0.385 e. The Morgan fingerprint density at radius 3 is 1.83 bits per heavy atom. The smallest absolute Gasteiger partial charge is 0.0897 e. The van der Waals surface area contributed by atoms with Crippen molar-refractivity contribution >= 4 is 21.8 Å². The van der Waals surface area contributed by atoms with Crippen LogP contribution in [-0.4, -0.2) is 9.67 Å². The highest BCUT2D eigenvalue weighted by molar-refractivity contribution is 6.09. The molecule has 0 fully saturated rings. The van der Waals surface area contributed by atoms with E-state index in [1.807, 2.05) is 0 Å². The molecule has 0 aliphatic rings. The van der Waals surface area contributed by atoms with Gasteiger partial charge in [0.1, 0.15) is 0 Å². The summed E-state index contributed by atoms with van der Waals surface area (Å²) in [5.74, 6) is 0. The van der Waals surface area contributed by atoms with Crippen LogP contribution in [0, 0.1) is 0 Å². The summed E-state index contributed by atoms with van der Waals surface area (Å²) < 4.78 is 2.33. The Balaban J connectivity index is 1.87. The van der Waals surface area contributed by atoms with Gasteiger partial charge >= 0.3 is 0 Å². The summed E-state index contributed by atoms with van der Waals surface area (Å²) in [6, 6.07) is 25.7. The van der Waals surface area contributed by atoms with Crippen molar-refractivity contribution < 1.29 is 5.11 Å². The number of hydrogen-bond donors (Lipinski definition) is 1. The zero-order chi connectivity index (χ0) is 20.3. The molecule has 29 heavy (non-hydrogen) atoms. The first kappa shape index (κ1) is 19.7. The summed E-state index contributed by atoms with van der Waals surface area (Å²) >= 11 is 0. The van der Waals surface area contributed by atoms with Crippen molar-refractivity contribution in [3.63, 3.8) is 0 Å². The Morgan fingerprint density at radius 1 is 0.724 bits per heavy atom. The summed E-state index contributed by atoms with van der Waals surface area (Å²) in [7, 11) is 0. The Bertz CT molecular complexity index is 1050. The molecule has 0 unspecified atom stereocenters. The monoisotopic (exact) mass is 385 g/mol. The van der Waals surface area contributed by atoms with E-state index < -0.39 is 5.60 Å². The van der Waals surface area contributed by atoms with Crippen LogP contribution in [-0.2, 0) is 5.60 Å². The van der Waals surface area contributed by atoms with E-state index in [2.05, 4.69) is 91.2 Å². The number of benzene rings is 3. The summed E-state index contributed by atoms with van der Waals surface area (Å²) in [6.07, 6.45) is 5.92. The highest BCUT2D eigenvalue weighted by Gasteiger charge is 2.28. The third kappa shape index (κ3) is 3.70. The lowest BCUT2D eigenvalue weighted by Gasteiger charge is -2.29. The number of para-hydroxylation sites is 2. The summed E-state index contributed by atoms with van der Waals surface area (Å²) in [4.78, 5) is 0. The largest absolute Gasteiger partial charge is 0.385 e. The fraction of sp³-hybridized carbons (Fsp3) is 0.333. The molecule has 0 atom stereocenters. The van der Waals surface area contributed by atoms with E-state index in [0.717, 1.165) is 49.8 Å². The fourth-order valence-electron chi connectivity index (χ4n) is 4.49. The van der Waals surface area contributed by atoms with Gasteiger partial charge in [0.15, 0.2) is 0 Å². The lowest BCUT2D eigenvalue weighted by atomic mass is 9.84. The molecule has 150 valence electrons. The highest BCUT2D eigenvalue weighted by atomic mass is 16.3. The van der Waals surface area contributed by atoms with Gasteiger partial charge in [0, 0.05) is 16.5 Å². The molecule has 0 spiro atoms. The number of aromatic nitrogens is 1.